The molecule has 0 aliphatic heterocycles. The van der Waals surface area contributed by atoms with Gasteiger partial charge in [-0.25, -0.2) is 4.98 Å². The number of hydrogen-bond acceptors (Lipinski definition) is 4. The molecule has 2 heterocycles. The second kappa shape index (κ2) is 5.35. The average molecular weight is 245 g/mol. The van der Waals surface area contributed by atoms with Gasteiger partial charge in [-0.05, 0) is 30.7 Å². The van der Waals surface area contributed by atoms with Gasteiger partial charge in [-0.15, -0.1) is 0 Å². The van der Waals surface area contributed by atoms with E-state index in [9.17, 15) is 9.18 Å². The molecule has 0 unspecified atom stereocenters. The van der Waals surface area contributed by atoms with Crippen molar-refractivity contribution in [1.29, 1.82) is 0 Å². The van der Waals surface area contributed by atoms with E-state index in [4.69, 9.17) is 0 Å². The van der Waals surface area contributed by atoms with Gasteiger partial charge < -0.3 is 5.32 Å². The highest BCUT2D eigenvalue weighted by Crippen LogP contribution is 2.15. The Bertz CT molecular complexity index is 555. The van der Waals surface area contributed by atoms with E-state index >= 15 is 0 Å². The number of nitrogens with one attached hydrogen (secondary N) is 1. The van der Waals surface area contributed by atoms with E-state index < -0.39 is 5.95 Å². The van der Waals surface area contributed by atoms with Gasteiger partial charge in [0.05, 0.1) is 17.4 Å². The summed E-state index contributed by atoms with van der Waals surface area (Å²) in [4.78, 5) is 18.3. The molecule has 18 heavy (non-hydrogen) atoms. The lowest BCUT2D eigenvalue weighted by Gasteiger charge is -2.06. The molecule has 2 rings (SSSR count). The number of aryl methyl sites for hydroxylation is 1. The lowest BCUT2D eigenvalue weighted by atomic mass is 10.2. The van der Waals surface area contributed by atoms with Crippen LogP contribution in [0.25, 0.3) is 0 Å². The molecule has 0 radical (unpaired) electrons. The minimum atomic E-state index is -0.784. The minimum Gasteiger partial charge on any atom is -0.339 e. The lowest BCUT2D eigenvalue weighted by Crippen LogP contribution is -1.99. The molecule has 0 saturated heterocycles. The number of rotatable bonds is 4. The third-order valence-electron chi connectivity index (χ3n) is 2.46. The molecule has 0 aromatic carbocycles. The van der Waals surface area contributed by atoms with Crippen LogP contribution < -0.4 is 5.32 Å². The third kappa shape index (κ3) is 2.68. The zero-order chi connectivity index (χ0) is 13.0. The molecule has 4 nitrogen and oxygen atoms in total. The Morgan fingerprint density at radius 1 is 1.33 bits per heavy atom. The Kier molecular flexibility index (Phi) is 3.62. The van der Waals surface area contributed by atoms with Crippen molar-refractivity contribution in [3.63, 3.8) is 0 Å². The summed E-state index contributed by atoms with van der Waals surface area (Å²) in [6, 6.07) is 6.66. The van der Waals surface area contributed by atoms with Gasteiger partial charge in [0.2, 0.25) is 5.95 Å². The Balaban J connectivity index is 2.17. The maximum absolute atomic E-state index is 13.3. The molecule has 2 aromatic heterocycles. The quantitative estimate of drug-likeness (QED) is 0.664. The highest BCUT2D eigenvalue weighted by molar-refractivity contribution is 5.75. The zero-order valence-corrected chi connectivity index (χ0v) is 9.85. The number of pyridine rings is 2. The van der Waals surface area contributed by atoms with E-state index in [1.54, 1.807) is 12.3 Å². The Morgan fingerprint density at radius 3 is 2.72 bits per heavy atom. The van der Waals surface area contributed by atoms with Crippen molar-refractivity contribution >= 4 is 17.8 Å². The summed E-state index contributed by atoms with van der Waals surface area (Å²) < 4.78 is 13.3. The molecule has 0 fully saturated rings. The fourth-order valence-corrected chi connectivity index (χ4v) is 1.46. The number of halogens is 1. The van der Waals surface area contributed by atoms with Crippen molar-refractivity contribution < 1.29 is 9.18 Å². The monoisotopic (exact) mass is 245 g/mol. The largest absolute Gasteiger partial charge is 0.339 e. The molecule has 0 atom stereocenters. The molecule has 5 heteroatoms. The molecule has 1 N–H and O–H groups in total. The summed E-state index contributed by atoms with van der Waals surface area (Å²) in [5.41, 5.74) is 1.65. The van der Waals surface area contributed by atoms with Crippen LogP contribution in [0, 0.1) is 5.95 Å². The number of nitrogens with zero attached hydrogens (tertiary/aromatic N) is 2. The molecule has 0 amide bonds. The molecule has 0 bridgehead atoms. The predicted molar refractivity (Wildman–Crippen MR) is 66.5 cm³/mol. The first-order valence-corrected chi connectivity index (χ1v) is 5.56. The van der Waals surface area contributed by atoms with Gasteiger partial charge >= 0.3 is 0 Å². The predicted octanol–water partition coefficient (Wildman–Crippen LogP) is 2.73. The van der Waals surface area contributed by atoms with Gasteiger partial charge in [0, 0.05) is 5.69 Å². The molecule has 0 saturated carbocycles. The van der Waals surface area contributed by atoms with E-state index in [1.807, 2.05) is 19.1 Å². The summed E-state index contributed by atoms with van der Waals surface area (Å²) >= 11 is 0. The van der Waals surface area contributed by atoms with Crippen molar-refractivity contribution in [3.05, 3.63) is 47.7 Å². The summed E-state index contributed by atoms with van der Waals surface area (Å²) in [5, 5.41) is 2.92. The van der Waals surface area contributed by atoms with Crippen LogP contribution in [-0.4, -0.2) is 16.3 Å². The van der Waals surface area contributed by atoms with Crippen LogP contribution in [-0.2, 0) is 6.42 Å². The lowest BCUT2D eigenvalue weighted by molar-refractivity contribution is 0.111. The average Bonchev–Trinajstić information content (AvgIpc) is 2.40. The molecular formula is C13H12FN3O. The summed E-state index contributed by atoms with van der Waals surface area (Å²) in [6.45, 7) is 2.02. The van der Waals surface area contributed by atoms with E-state index in [0.29, 0.717) is 12.1 Å². The van der Waals surface area contributed by atoms with Gasteiger partial charge in [0.15, 0.2) is 6.29 Å². The summed E-state index contributed by atoms with van der Waals surface area (Å²) in [6.07, 6.45) is 2.96. The highest BCUT2D eigenvalue weighted by atomic mass is 19.1. The van der Waals surface area contributed by atoms with E-state index in [1.165, 1.54) is 6.07 Å². The molecular weight excluding hydrogens is 233 g/mol. The van der Waals surface area contributed by atoms with Crippen LogP contribution in [0.5, 0.6) is 0 Å². The minimum absolute atomic E-state index is 0.0556. The summed E-state index contributed by atoms with van der Waals surface area (Å²) in [7, 11) is 0. The Labute approximate surface area is 104 Å². The van der Waals surface area contributed by atoms with Gasteiger partial charge in [0.25, 0.3) is 0 Å². The smallest absolute Gasteiger partial charge is 0.225 e. The van der Waals surface area contributed by atoms with Crippen LogP contribution in [0.3, 0.4) is 0 Å². The van der Waals surface area contributed by atoms with Crippen LogP contribution in [0.2, 0.25) is 0 Å². The van der Waals surface area contributed by atoms with Crippen molar-refractivity contribution in [2.75, 3.05) is 5.32 Å². The van der Waals surface area contributed by atoms with E-state index in [-0.39, 0.29) is 5.56 Å². The zero-order valence-electron chi connectivity index (χ0n) is 9.85. The fourth-order valence-electron chi connectivity index (χ4n) is 1.46. The standard InChI is InChI=1S/C13H12FN3O/c1-2-10-4-5-11(7-15-10)16-12-6-3-9(8-18)13(14)17-12/h3-8H,2H2,1H3,(H,16,17). The number of anilines is 2. The third-order valence-corrected chi connectivity index (χ3v) is 2.46. The fraction of sp³-hybridized carbons (Fsp3) is 0.154. The normalized spacial score (nSPS) is 10.1. The molecule has 0 aliphatic carbocycles. The molecule has 92 valence electrons. The number of aromatic nitrogens is 2. The molecule has 0 aliphatic rings. The number of hydrogen-bond donors (Lipinski definition) is 1. The van der Waals surface area contributed by atoms with Gasteiger partial charge in [-0.3, -0.25) is 9.78 Å². The first kappa shape index (κ1) is 12.2. The van der Waals surface area contributed by atoms with Crippen molar-refractivity contribution in [2.45, 2.75) is 13.3 Å². The van der Waals surface area contributed by atoms with Crippen LogP contribution in [0.4, 0.5) is 15.9 Å². The van der Waals surface area contributed by atoms with Gasteiger partial charge in [0.1, 0.15) is 5.82 Å². The van der Waals surface area contributed by atoms with Crippen LogP contribution >= 0.6 is 0 Å². The van der Waals surface area contributed by atoms with E-state index in [0.717, 1.165) is 17.8 Å². The second-order valence-corrected chi connectivity index (χ2v) is 3.71. The van der Waals surface area contributed by atoms with Gasteiger partial charge in [-0.2, -0.15) is 4.39 Å². The first-order valence-electron chi connectivity index (χ1n) is 5.56. The van der Waals surface area contributed by atoms with Crippen LogP contribution in [0.1, 0.15) is 23.0 Å². The SMILES string of the molecule is CCc1ccc(Nc2ccc(C=O)c(F)n2)cn1. The maximum atomic E-state index is 13.3. The first-order chi connectivity index (χ1) is 8.72. The molecule has 2 aromatic rings. The summed E-state index contributed by atoms with van der Waals surface area (Å²) in [5.74, 6) is -0.447. The topological polar surface area (TPSA) is 54.9 Å². The number of carbonyl (C=O) groups excluding carboxylic acids is 1. The van der Waals surface area contributed by atoms with Gasteiger partial charge in [-0.1, -0.05) is 6.92 Å². The molecule has 0 spiro atoms. The number of carbonyl (C=O) groups is 1. The second-order valence-electron chi connectivity index (χ2n) is 3.71. The van der Waals surface area contributed by atoms with E-state index in [2.05, 4.69) is 15.3 Å². The Hall–Kier alpha value is -2.30. The van der Waals surface area contributed by atoms with Crippen molar-refractivity contribution in [1.82, 2.24) is 9.97 Å². The van der Waals surface area contributed by atoms with Crippen LogP contribution in [0.15, 0.2) is 30.5 Å². The maximum Gasteiger partial charge on any atom is 0.225 e. The van der Waals surface area contributed by atoms with Crippen molar-refractivity contribution in [2.24, 2.45) is 0 Å². The number of aldehydes is 1. The Morgan fingerprint density at radius 2 is 2.17 bits per heavy atom. The highest BCUT2D eigenvalue weighted by Gasteiger charge is 2.04. The van der Waals surface area contributed by atoms with Crippen molar-refractivity contribution in [3.8, 4) is 0 Å².